The smallest absolute Gasteiger partial charge is 0.242 e. The first kappa shape index (κ1) is 14.2. The van der Waals surface area contributed by atoms with Crippen molar-refractivity contribution in [3.05, 3.63) is 29.8 Å². The first-order valence-electron chi connectivity index (χ1n) is 5.64. The Hall–Kier alpha value is -0.910. The second-order valence-electron chi connectivity index (χ2n) is 4.14. The van der Waals surface area contributed by atoms with Crippen LogP contribution in [0.5, 0.6) is 0 Å². The second kappa shape index (κ2) is 6.14. The lowest BCUT2D eigenvalue weighted by molar-refractivity contribution is 0.520. The maximum atomic E-state index is 11.8. The number of hydrogen-bond donors (Lipinski definition) is 1. The predicted octanol–water partition coefficient (Wildman–Crippen LogP) is 1.09. The van der Waals surface area contributed by atoms with E-state index in [2.05, 4.69) is 5.32 Å². The molecule has 0 saturated heterocycles. The zero-order valence-corrected chi connectivity index (χ0v) is 11.4. The Bertz CT molecular complexity index is 438. The van der Waals surface area contributed by atoms with Gasteiger partial charge in [0, 0.05) is 14.1 Å². The van der Waals surface area contributed by atoms with Crippen LogP contribution < -0.4 is 5.32 Å². The molecule has 0 unspecified atom stereocenters. The number of nitrogens with one attached hydrogen (secondary N) is 1. The van der Waals surface area contributed by atoms with Crippen LogP contribution in [0.25, 0.3) is 0 Å². The van der Waals surface area contributed by atoms with Gasteiger partial charge in [-0.25, -0.2) is 12.7 Å². The van der Waals surface area contributed by atoms with Crippen molar-refractivity contribution >= 4 is 10.0 Å². The van der Waals surface area contributed by atoms with Crippen molar-refractivity contribution in [3.8, 4) is 0 Å². The molecule has 4 nitrogen and oxygen atoms in total. The number of benzene rings is 1. The molecule has 5 heteroatoms. The van der Waals surface area contributed by atoms with Crippen LogP contribution in [0.4, 0.5) is 0 Å². The van der Waals surface area contributed by atoms with Crippen LogP contribution in [0.3, 0.4) is 0 Å². The van der Waals surface area contributed by atoms with Gasteiger partial charge in [0.1, 0.15) is 0 Å². The van der Waals surface area contributed by atoms with E-state index in [1.807, 2.05) is 19.2 Å². The molecule has 0 heterocycles. The van der Waals surface area contributed by atoms with E-state index in [9.17, 15) is 8.42 Å². The topological polar surface area (TPSA) is 49.4 Å². The molecule has 0 aliphatic rings. The number of sulfonamides is 1. The molecule has 1 rings (SSSR count). The summed E-state index contributed by atoms with van der Waals surface area (Å²) in [6.45, 7) is 0.970. The molecule has 0 aliphatic carbocycles. The zero-order valence-electron chi connectivity index (χ0n) is 10.6. The molecule has 96 valence electrons. The summed E-state index contributed by atoms with van der Waals surface area (Å²) in [5.74, 6) is 0. The van der Waals surface area contributed by atoms with E-state index in [4.69, 9.17) is 0 Å². The van der Waals surface area contributed by atoms with Gasteiger partial charge in [0.15, 0.2) is 0 Å². The van der Waals surface area contributed by atoms with Gasteiger partial charge in [-0.15, -0.1) is 0 Å². The molecule has 0 aliphatic heterocycles. The standard InChI is InChI=1S/C12H20N2O2S/c1-13-10-4-5-11-6-8-12(9-7-11)17(15,16)14(2)3/h6-9,13H,4-5,10H2,1-3H3. The fourth-order valence-corrected chi connectivity index (χ4v) is 2.41. The Balaban J connectivity index is 2.75. The minimum absolute atomic E-state index is 0.347. The molecule has 1 N–H and O–H groups in total. The van der Waals surface area contributed by atoms with Crippen LogP contribution in [0.15, 0.2) is 29.2 Å². The lowest BCUT2D eigenvalue weighted by Crippen LogP contribution is -2.22. The average Bonchev–Trinajstić information content (AvgIpc) is 2.30. The van der Waals surface area contributed by atoms with E-state index in [1.165, 1.54) is 18.4 Å². The third-order valence-electron chi connectivity index (χ3n) is 2.59. The Labute approximate surface area is 104 Å². The molecule has 0 saturated carbocycles. The van der Waals surface area contributed by atoms with Crippen LogP contribution in [-0.2, 0) is 16.4 Å². The Kier molecular flexibility index (Phi) is 5.11. The van der Waals surface area contributed by atoms with Gasteiger partial charge >= 0.3 is 0 Å². The first-order chi connectivity index (χ1) is 7.98. The van der Waals surface area contributed by atoms with Gasteiger partial charge in [-0.2, -0.15) is 0 Å². The summed E-state index contributed by atoms with van der Waals surface area (Å²) in [5.41, 5.74) is 1.16. The molecule has 0 aromatic heterocycles. The minimum atomic E-state index is -3.30. The maximum absolute atomic E-state index is 11.8. The van der Waals surface area contributed by atoms with Crippen molar-refractivity contribution in [3.63, 3.8) is 0 Å². The maximum Gasteiger partial charge on any atom is 0.242 e. The largest absolute Gasteiger partial charge is 0.320 e. The summed E-state index contributed by atoms with van der Waals surface area (Å²) < 4.78 is 24.9. The Morgan fingerprint density at radius 1 is 1.18 bits per heavy atom. The number of nitrogens with zero attached hydrogens (tertiary/aromatic N) is 1. The number of hydrogen-bond acceptors (Lipinski definition) is 3. The highest BCUT2D eigenvalue weighted by Gasteiger charge is 2.16. The van der Waals surface area contributed by atoms with Crippen LogP contribution >= 0.6 is 0 Å². The highest BCUT2D eigenvalue weighted by Crippen LogP contribution is 2.14. The number of aryl methyl sites for hydroxylation is 1. The van der Waals surface area contributed by atoms with Crippen molar-refractivity contribution in [2.24, 2.45) is 0 Å². The van der Waals surface area contributed by atoms with Crippen molar-refractivity contribution in [2.45, 2.75) is 17.7 Å². The van der Waals surface area contributed by atoms with Crippen LogP contribution in [-0.4, -0.2) is 40.4 Å². The van der Waals surface area contributed by atoms with E-state index in [0.717, 1.165) is 24.9 Å². The summed E-state index contributed by atoms with van der Waals surface area (Å²) in [4.78, 5) is 0.347. The van der Waals surface area contributed by atoms with E-state index in [1.54, 1.807) is 12.1 Å². The molecule has 17 heavy (non-hydrogen) atoms. The summed E-state index contributed by atoms with van der Waals surface area (Å²) in [6.07, 6.45) is 2.01. The van der Waals surface area contributed by atoms with Gasteiger partial charge in [0.2, 0.25) is 10.0 Å². The van der Waals surface area contributed by atoms with Gasteiger partial charge in [-0.1, -0.05) is 12.1 Å². The van der Waals surface area contributed by atoms with Gasteiger partial charge in [-0.05, 0) is 44.1 Å². The fourth-order valence-electron chi connectivity index (χ4n) is 1.51. The Morgan fingerprint density at radius 2 is 1.76 bits per heavy atom. The molecular formula is C12H20N2O2S. The van der Waals surface area contributed by atoms with Crippen LogP contribution in [0.2, 0.25) is 0 Å². The van der Waals surface area contributed by atoms with Crippen molar-refractivity contribution in [2.75, 3.05) is 27.7 Å². The van der Waals surface area contributed by atoms with E-state index >= 15 is 0 Å². The zero-order chi connectivity index (χ0) is 12.9. The van der Waals surface area contributed by atoms with Crippen molar-refractivity contribution in [1.82, 2.24) is 9.62 Å². The van der Waals surface area contributed by atoms with Crippen LogP contribution in [0.1, 0.15) is 12.0 Å². The van der Waals surface area contributed by atoms with Gasteiger partial charge in [-0.3, -0.25) is 0 Å². The van der Waals surface area contributed by atoms with Crippen molar-refractivity contribution in [1.29, 1.82) is 0 Å². The number of rotatable bonds is 6. The molecule has 0 radical (unpaired) electrons. The highest BCUT2D eigenvalue weighted by molar-refractivity contribution is 7.89. The minimum Gasteiger partial charge on any atom is -0.320 e. The molecule has 0 fully saturated rings. The summed E-state index contributed by atoms with van der Waals surface area (Å²) in [7, 11) is 1.70. The average molecular weight is 256 g/mol. The third-order valence-corrected chi connectivity index (χ3v) is 4.42. The molecule has 0 spiro atoms. The van der Waals surface area contributed by atoms with Crippen LogP contribution in [0, 0.1) is 0 Å². The molecular weight excluding hydrogens is 236 g/mol. The summed E-state index contributed by atoms with van der Waals surface area (Å²) in [6, 6.07) is 7.10. The quantitative estimate of drug-likeness (QED) is 0.775. The normalized spacial score (nSPS) is 12.0. The van der Waals surface area contributed by atoms with E-state index in [0.29, 0.717) is 4.90 Å². The van der Waals surface area contributed by atoms with E-state index < -0.39 is 10.0 Å². The highest BCUT2D eigenvalue weighted by atomic mass is 32.2. The molecule has 1 aromatic carbocycles. The molecule has 0 bridgehead atoms. The SMILES string of the molecule is CNCCCc1ccc(S(=O)(=O)N(C)C)cc1. The monoisotopic (exact) mass is 256 g/mol. The molecule has 1 aromatic rings. The second-order valence-corrected chi connectivity index (χ2v) is 6.29. The lowest BCUT2D eigenvalue weighted by Gasteiger charge is -2.11. The first-order valence-corrected chi connectivity index (χ1v) is 7.08. The predicted molar refractivity (Wildman–Crippen MR) is 69.6 cm³/mol. The van der Waals surface area contributed by atoms with Gasteiger partial charge in [0.25, 0.3) is 0 Å². The fraction of sp³-hybridized carbons (Fsp3) is 0.500. The van der Waals surface area contributed by atoms with Gasteiger partial charge in [0.05, 0.1) is 4.90 Å². The van der Waals surface area contributed by atoms with Gasteiger partial charge < -0.3 is 5.32 Å². The molecule has 0 amide bonds. The van der Waals surface area contributed by atoms with Crippen molar-refractivity contribution < 1.29 is 8.42 Å². The summed E-state index contributed by atoms with van der Waals surface area (Å²) in [5, 5.41) is 3.09. The molecule has 0 atom stereocenters. The Morgan fingerprint density at radius 3 is 2.24 bits per heavy atom. The van der Waals surface area contributed by atoms with E-state index in [-0.39, 0.29) is 0 Å². The lowest BCUT2D eigenvalue weighted by atomic mass is 10.1. The summed E-state index contributed by atoms with van der Waals surface area (Å²) >= 11 is 0. The third kappa shape index (κ3) is 3.80.